The number of amides is 1. The highest BCUT2D eigenvalue weighted by molar-refractivity contribution is 6.31. The van der Waals surface area contributed by atoms with E-state index in [-0.39, 0.29) is 23.8 Å². The second-order valence-corrected chi connectivity index (χ2v) is 5.92. The molecule has 0 aliphatic carbocycles. The quantitative estimate of drug-likeness (QED) is 0.645. The van der Waals surface area contributed by atoms with Crippen LogP contribution in [0.4, 0.5) is 5.69 Å². The van der Waals surface area contributed by atoms with Gasteiger partial charge >= 0.3 is 0 Å². The van der Waals surface area contributed by atoms with Gasteiger partial charge in [-0.15, -0.1) is 0 Å². The number of ether oxygens (including phenoxy) is 1. The molecule has 0 radical (unpaired) electrons. The summed E-state index contributed by atoms with van der Waals surface area (Å²) in [5, 5.41) is 12.7. The molecule has 128 valence electrons. The molecule has 2 N–H and O–H groups in total. The lowest BCUT2D eigenvalue weighted by molar-refractivity contribution is 0.0992. The number of aromatic hydroxyl groups is 1. The predicted octanol–water partition coefficient (Wildman–Crippen LogP) is 4.78. The van der Waals surface area contributed by atoms with E-state index >= 15 is 0 Å². The van der Waals surface area contributed by atoms with Gasteiger partial charge in [-0.25, -0.2) is 0 Å². The minimum Gasteiger partial charge on any atom is -0.506 e. The van der Waals surface area contributed by atoms with Crippen LogP contribution in [0.1, 0.15) is 21.9 Å². The van der Waals surface area contributed by atoms with Crippen LogP contribution in [-0.4, -0.2) is 11.0 Å². The number of carbonyl (C=O) groups is 1. The van der Waals surface area contributed by atoms with E-state index < -0.39 is 5.91 Å². The maximum absolute atomic E-state index is 12.2. The molecule has 6 heteroatoms. The van der Waals surface area contributed by atoms with E-state index in [1.165, 1.54) is 18.2 Å². The number of furan rings is 1. The number of anilines is 1. The molecule has 0 unspecified atom stereocenters. The molecule has 0 aliphatic heterocycles. The van der Waals surface area contributed by atoms with Gasteiger partial charge in [0.05, 0.1) is 5.69 Å². The molecule has 0 spiro atoms. The first-order valence-corrected chi connectivity index (χ1v) is 7.97. The molecule has 2 aromatic carbocycles. The lowest BCUT2D eigenvalue weighted by Gasteiger charge is -2.06. The summed E-state index contributed by atoms with van der Waals surface area (Å²) in [5.41, 5.74) is 1.31. The summed E-state index contributed by atoms with van der Waals surface area (Å²) in [7, 11) is 0. The van der Waals surface area contributed by atoms with Crippen molar-refractivity contribution >= 4 is 23.2 Å². The zero-order valence-corrected chi connectivity index (χ0v) is 14.2. The Balaban J connectivity index is 1.64. The topological polar surface area (TPSA) is 71.7 Å². The molecule has 0 saturated heterocycles. The monoisotopic (exact) mass is 357 g/mol. The van der Waals surface area contributed by atoms with E-state index in [1.807, 2.05) is 31.2 Å². The van der Waals surface area contributed by atoms with E-state index in [2.05, 4.69) is 5.32 Å². The first kappa shape index (κ1) is 16.9. The lowest BCUT2D eigenvalue weighted by Crippen LogP contribution is -2.11. The Bertz CT molecular complexity index is 904. The molecule has 0 fully saturated rings. The van der Waals surface area contributed by atoms with E-state index in [0.29, 0.717) is 10.8 Å². The highest BCUT2D eigenvalue weighted by atomic mass is 35.5. The van der Waals surface area contributed by atoms with Gasteiger partial charge in [0.15, 0.2) is 5.76 Å². The van der Waals surface area contributed by atoms with Crippen LogP contribution in [0.25, 0.3) is 0 Å². The molecular weight excluding hydrogens is 342 g/mol. The van der Waals surface area contributed by atoms with Crippen LogP contribution in [-0.2, 0) is 6.61 Å². The van der Waals surface area contributed by atoms with Gasteiger partial charge in [-0.2, -0.15) is 0 Å². The minimum atomic E-state index is -0.487. The molecule has 0 atom stereocenters. The maximum Gasteiger partial charge on any atom is 0.291 e. The van der Waals surface area contributed by atoms with Gasteiger partial charge < -0.3 is 19.6 Å². The highest BCUT2D eigenvalue weighted by Crippen LogP contribution is 2.27. The van der Waals surface area contributed by atoms with Gasteiger partial charge in [-0.3, -0.25) is 4.79 Å². The largest absolute Gasteiger partial charge is 0.506 e. The van der Waals surface area contributed by atoms with E-state index in [1.54, 1.807) is 12.1 Å². The van der Waals surface area contributed by atoms with Crippen molar-refractivity contribution in [3.63, 3.8) is 0 Å². The fourth-order valence-corrected chi connectivity index (χ4v) is 2.40. The number of rotatable bonds is 5. The average Bonchev–Trinajstić information content (AvgIpc) is 3.05. The Kier molecular flexibility index (Phi) is 4.95. The number of phenols is 1. The fraction of sp³-hybridized carbons (Fsp3) is 0.105. The number of nitrogens with one attached hydrogen (secondary N) is 1. The number of phenolic OH excluding ortho intramolecular Hbond substituents is 1. The number of hydrogen-bond acceptors (Lipinski definition) is 4. The highest BCUT2D eigenvalue weighted by Gasteiger charge is 2.14. The molecule has 0 saturated carbocycles. The van der Waals surface area contributed by atoms with Gasteiger partial charge in [-0.1, -0.05) is 23.7 Å². The number of hydrogen-bond donors (Lipinski definition) is 2. The Morgan fingerprint density at radius 1 is 1.20 bits per heavy atom. The van der Waals surface area contributed by atoms with Gasteiger partial charge in [0.1, 0.15) is 23.9 Å². The Labute approximate surface area is 149 Å². The summed E-state index contributed by atoms with van der Waals surface area (Å²) in [6.45, 7) is 2.19. The van der Waals surface area contributed by atoms with Crippen LogP contribution in [0, 0.1) is 6.92 Å². The molecule has 1 heterocycles. The summed E-state index contributed by atoms with van der Waals surface area (Å²) < 4.78 is 11.1. The number of halogens is 1. The van der Waals surface area contributed by atoms with Crippen LogP contribution >= 0.6 is 11.6 Å². The maximum atomic E-state index is 12.2. The SMILES string of the molecule is Cc1cccc(OCc2ccc(C(=O)Nc3cc(Cl)ccc3O)o2)c1. The summed E-state index contributed by atoms with van der Waals surface area (Å²) in [6.07, 6.45) is 0. The summed E-state index contributed by atoms with van der Waals surface area (Å²) in [5.74, 6) is 0.794. The van der Waals surface area contributed by atoms with Gasteiger partial charge in [0.2, 0.25) is 0 Å². The number of aryl methyl sites for hydroxylation is 1. The minimum absolute atomic E-state index is 0.0766. The molecule has 3 rings (SSSR count). The first-order chi connectivity index (χ1) is 12.0. The molecule has 0 bridgehead atoms. The third-order valence-corrected chi connectivity index (χ3v) is 3.70. The standard InChI is InChI=1S/C19H16ClNO4/c1-12-3-2-4-14(9-12)24-11-15-6-8-18(25-15)19(23)21-16-10-13(20)5-7-17(16)22/h2-10,22H,11H2,1H3,(H,21,23). The molecule has 1 amide bonds. The Morgan fingerprint density at radius 3 is 2.84 bits per heavy atom. The predicted molar refractivity (Wildman–Crippen MR) is 95.3 cm³/mol. The molecule has 25 heavy (non-hydrogen) atoms. The van der Waals surface area contributed by atoms with Crippen LogP contribution in [0.2, 0.25) is 5.02 Å². The lowest BCUT2D eigenvalue weighted by atomic mass is 10.2. The summed E-state index contributed by atoms with van der Waals surface area (Å²) in [4.78, 5) is 12.2. The van der Waals surface area contributed by atoms with Gasteiger partial charge in [0.25, 0.3) is 5.91 Å². The van der Waals surface area contributed by atoms with Crippen LogP contribution in [0.15, 0.2) is 59.0 Å². The zero-order valence-electron chi connectivity index (χ0n) is 13.5. The average molecular weight is 358 g/mol. The fourth-order valence-electron chi connectivity index (χ4n) is 2.23. The van der Waals surface area contributed by atoms with Crippen molar-refractivity contribution < 1.29 is 19.1 Å². The molecule has 5 nitrogen and oxygen atoms in total. The van der Waals surface area contributed by atoms with E-state index in [0.717, 1.165) is 11.3 Å². The van der Waals surface area contributed by atoms with Crippen molar-refractivity contribution in [2.75, 3.05) is 5.32 Å². The zero-order chi connectivity index (χ0) is 17.8. The van der Waals surface area contributed by atoms with Crippen molar-refractivity contribution in [2.45, 2.75) is 13.5 Å². The van der Waals surface area contributed by atoms with Gasteiger partial charge in [-0.05, 0) is 55.0 Å². The van der Waals surface area contributed by atoms with Crippen molar-refractivity contribution in [1.82, 2.24) is 0 Å². The van der Waals surface area contributed by atoms with Gasteiger partial charge in [0, 0.05) is 5.02 Å². The second-order valence-electron chi connectivity index (χ2n) is 5.49. The smallest absolute Gasteiger partial charge is 0.291 e. The molecule has 0 aliphatic rings. The number of benzene rings is 2. The third kappa shape index (κ3) is 4.33. The third-order valence-electron chi connectivity index (χ3n) is 3.46. The Morgan fingerprint density at radius 2 is 2.04 bits per heavy atom. The van der Waals surface area contributed by atoms with Crippen LogP contribution < -0.4 is 10.1 Å². The summed E-state index contributed by atoms with van der Waals surface area (Å²) >= 11 is 5.86. The Hall–Kier alpha value is -2.92. The summed E-state index contributed by atoms with van der Waals surface area (Å²) in [6, 6.07) is 15.3. The van der Waals surface area contributed by atoms with E-state index in [9.17, 15) is 9.90 Å². The van der Waals surface area contributed by atoms with E-state index in [4.69, 9.17) is 20.8 Å². The molecule has 1 aromatic heterocycles. The number of carbonyl (C=O) groups excluding carboxylic acids is 1. The molecule has 3 aromatic rings. The van der Waals surface area contributed by atoms with Crippen LogP contribution in [0.5, 0.6) is 11.5 Å². The van der Waals surface area contributed by atoms with Crippen LogP contribution in [0.3, 0.4) is 0 Å². The first-order valence-electron chi connectivity index (χ1n) is 7.59. The normalized spacial score (nSPS) is 10.5. The van der Waals surface area contributed by atoms with Crippen molar-refractivity contribution in [3.8, 4) is 11.5 Å². The van der Waals surface area contributed by atoms with Crippen molar-refractivity contribution in [1.29, 1.82) is 0 Å². The molecular formula is C19H16ClNO4. The second kappa shape index (κ2) is 7.32. The van der Waals surface area contributed by atoms with Crippen molar-refractivity contribution in [3.05, 3.63) is 76.7 Å². The van der Waals surface area contributed by atoms with Crippen molar-refractivity contribution in [2.24, 2.45) is 0 Å².